The fourth-order valence-electron chi connectivity index (χ4n) is 5.60. The van der Waals surface area contributed by atoms with Crippen LogP contribution in [0.25, 0.3) is 0 Å². The lowest BCUT2D eigenvalue weighted by Crippen LogP contribution is -2.56. The Bertz CT molecular complexity index is 643. The van der Waals surface area contributed by atoms with Crippen LogP contribution in [0.3, 0.4) is 0 Å². The molecule has 0 aliphatic heterocycles. The second-order valence-corrected chi connectivity index (χ2v) is 8.10. The Morgan fingerprint density at radius 1 is 1.14 bits per heavy atom. The zero-order chi connectivity index (χ0) is 15.8. The van der Waals surface area contributed by atoms with Crippen molar-refractivity contribution in [3.8, 4) is 0 Å². The maximum Gasteiger partial charge on any atom is 0.155 e. The molecule has 3 nitrogen and oxygen atoms in total. The van der Waals surface area contributed by atoms with Gasteiger partial charge in [-0.15, -0.1) is 0 Å². The van der Waals surface area contributed by atoms with E-state index >= 15 is 0 Å². The summed E-state index contributed by atoms with van der Waals surface area (Å²) in [4.78, 5) is 24.1. The van der Waals surface area contributed by atoms with Crippen LogP contribution >= 0.6 is 0 Å². The smallest absolute Gasteiger partial charge is 0.155 e. The first kappa shape index (κ1) is 14.4. The molecule has 22 heavy (non-hydrogen) atoms. The van der Waals surface area contributed by atoms with E-state index in [2.05, 4.69) is 13.0 Å². The van der Waals surface area contributed by atoms with E-state index in [0.29, 0.717) is 25.7 Å². The molecule has 1 N–H and O–H groups in total. The Morgan fingerprint density at radius 2 is 1.91 bits per heavy atom. The fraction of sp³-hybridized carbons (Fsp3) is 0.684. The summed E-state index contributed by atoms with van der Waals surface area (Å²) in [5.74, 6) is 0.533. The lowest BCUT2D eigenvalue weighted by molar-refractivity contribution is -0.143. The summed E-state index contributed by atoms with van der Waals surface area (Å²) in [6.07, 6.45) is 8.99. The highest BCUT2D eigenvalue weighted by molar-refractivity contribution is 5.92. The first-order chi connectivity index (χ1) is 10.3. The second-order valence-electron chi connectivity index (χ2n) is 8.10. The third-order valence-corrected chi connectivity index (χ3v) is 7.24. The first-order valence-corrected chi connectivity index (χ1v) is 8.51. The number of hydrogen-bond acceptors (Lipinski definition) is 3. The number of ketones is 2. The van der Waals surface area contributed by atoms with Crippen LogP contribution in [0.4, 0.5) is 0 Å². The Balaban J connectivity index is 1.83. The van der Waals surface area contributed by atoms with Gasteiger partial charge in [-0.25, -0.2) is 0 Å². The van der Waals surface area contributed by atoms with Gasteiger partial charge < -0.3 is 5.11 Å². The Morgan fingerprint density at radius 3 is 2.68 bits per heavy atom. The third-order valence-electron chi connectivity index (χ3n) is 7.24. The maximum atomic E-state index is 12.4. The molecule has 0 unspecified atom stereocenters. The summed E-state index contributed by atoms with van der Waals surface area (Å²) in [6, 6.07) is 0. The van der Waals surface area contributed by atoms with Gasteiger partial charge in [0, 0.05) is 24.2 Å². The molecule has 0 spiro atoms. The van der Waals surface area contributed by atoms with Crippen LogP contribution in [0, 0.1) is 16.7 Å². The molecule has 0 aromatic rings. The molecule has 4 atom stereocenters. The zero-order valence-electron chi connectivity index (χ0n) is 13.4. The summed E-state index contributed by atoms with van der Waals surface area (Å²) in [6.45, 7) is 4.18. The molecule has 0 saturated heterocycles. The van der Waals surface area contributed by atoms with E-state index in [1.54, 1.807) is 0 Å². The number of allylic oxidation sites excluding steroid dienone is 3. The highest BCUT2D eigenvalue weighted by Gasteiger charge is 2.64. The molecule has 118 valence electrons. The van der Waals surface area contributed by atoms with E-state index < -0.39 is 11.0 Å². The van der Waals surface area contributed by atoms with Crippen molar-refractivity contribution in [1.82, 2.24) is 0 Å². The van der Waals surface area contributed by atoms with Gasteiger partial charge in [0.25, 0.3) is 0 Å². The minimum absolute atomic E-state index is 0.0769. The normalized spacial score (nSPS) is 47.3. The van der Waals surface area contributed by atoms with Gasteiger partial charge in [0.1, 0.15) is 5.78 Å². The number of hydrogen-bond donors (Lipinski definition) is 1. The molecule has 2 fully saturated rings. The quantitative estimate of drug-likeness (QED) is 0.699. The first-order valence-electron chi connectivity index (χ1n) is 8.51. The molecule has 0 amide bonds. The predicted molar refractivity (Wildman–Crippen MR) is 83.2 cm³/mol. The van der Waals surface area contributed by atoms with Crippen molar-refractivity contribution >= 4 is 11.6 Å². The van der Waals surface area contributed by atoms with Gasteiger partial charge in [0.15, 0.2) is 5.78 Å². The largest absolute Gasteiger partial charge is 0.388 e. The van der Waals surface area contributed by atoms with Crippen LogP contribution < -0.4 is 0 Å². The molecule has 0 bridgehead atoms. The van der Waals surface area contributed by atoms with Crippen molar-refractivity contribution in [3.05, 3.63) is 23.3 Å². The van der Waals surface area contributed by atoms with Crippen LogP contribution in [-0.4, -0.2) is 22.3 Å². The SMILES string of the molecule is C[C@]12CCC(=O)C=C1CC[C@@H]1C2=CC[C@]2(C)C(=O)CC[C@@]12O. The highest BCUT2D eigenvalue weighted by Crippen LogP contribution is 2.63. The lowest BCUT2D eigenvalue weighted by Gasteiger charge is -2.55. The van der Waals surface area contributed by atoms with Crippen molar-refractivity contribution in [3.63, 3.8) is 0 Å². The molecule has 4 aliphatic carbocycles. The molecular weight excluding hydrogens is 276 g/mol. The van der Waals surface area contributed by atoms with Gasteiger partial charge in [-0.3, -0.25) is 9.59 Å². The standard InChI is InChI=1S/C19H24O3/c1-17-8-5-13(20)11-12(17)3-4-15-14(17)6-9-18(2)16(21)7-10-19(15,18)22/h6,11,15,22H,3-5,7-10H2,1-2H3/t15-,17+,18-,19-/m1/s1. The zero-order valence-corrected chi connectivity index (χ0v) is 13.4. The molecule has 4 rings (SSSR count). The molecule has 4 aliphatic rings. The van der Waals surface area contributed by atoms with Gasteiger partial charge in [0.05, 0.1) is 11.0 Å². The second kappa shape index (κ2) is 4.19. The van der Waals surface area contributed by atoms with Crippen LogP contribution in [0.15, 0.2) is 23.3 Å². The molecular formula is C19H24O3. The van der Waals surface area contributed by atoms with Crippen molar-refractivity contribution in [2.45, 2.75) is 64.4 Å². The van der Waals surface area contributed by atoms with Gasteiger partial charge in [-0.05, 0) is 45.1 Å². The van der Waals surface area contributed by atoms with Crippen LogP contribution in [-0.2, 0) is 9.59 Å². The van der Waals surface area contributed by atoms with Gasteiger partial charge >= 0.3 is 0 Å². The lowest BCUT2D eigenvalue weighted by atomic mass is 9.50. The van der Waals surface area contributed by atoms with E-state index in [4.69, 9.17) is 0 Å². The van der Waals surface area contributed by atoms with Crippen LogP contribution in [0.2, 0.25) is 0 Å². The molecule has 0 aromatic heterocycles. The van der Waals surface area contributed by atoms with Crippen LogP contribution in [0.5, 0.6) is 0 Å². The summed E-state index contributed by atoms with van der Waals surface area (Å²) >= 11 is 0. The maximum absolute atomic E-state index is 12.4. The summed E-state index contributed by atoms with van der Waals surface area (Å²) in [7, 11) is 0. The van der Waals surface area contributed by atoms with Crippen LogP contribution in [0.1, 0.15) is 58.8 Å². The van der Waals surface area contributed by atoms with Gasteiger partial charge in [-0.2, -0.15) is 0 Å². The molecule has 3 heteroatoms. The van der Waals surface area contributed by atoms with E-state index in [0.717, 1.165) is 19.3 Å². The number of fused-ring (bicyclic) bond motifs is 5. The third kappa shape index (κ3) is 1.51. The van der Waals surface area contributed by atoms with Crippen molar-refractivity contribution in [2.75, 3.05) is 0 Å². The number of rotatable bonds is 0. The van der Waals surface area contributed by atoms with E-state index in [1.165, 1.54) is 11.1 Å². The fourth-order valence-corrected chi connectivity index (χ4v) is 5.60. The van der Waals surface area contributed by atoms with Gasteiger partial charge in [0.2, 0.25) is 0 Å². The van der Waals surface area contributed by atoms with E-state index in [-0.39, 0.29) is 22.9 Å². The minimum atomic E-state index is -0.885. The summed E-state index contributed by atoms with van der Waals surface area (Å²) < 4.78 is 0. The Hall–Kier alpha value is -1.22. The number of carbonyl (C=O) groups is 2. The van der Waals surface area contributed by atoms with E-state index in [9.17, 15) is 14.7 Å². The molecule has 0 heterocycles. The molecule has 0 aromatic carbocycles. The topological polar surface area (TPSA) is 54.4 Å². The number of Topliss-reactive ketones (excluding diaryl/α,β-unsaturated/α-hetero) is 1. The van der Waals surface area contributed by atoms with Crippen molar-refractivity contribution < 1.29 is 14.7 Å². The predicted octanol–water partition coefficient (Wildman–Crippen LogP) is 3.12. The van der Waals surface area contributed by atoms with Crippen molar-refractivity contribution in [1.29, 1.82) is 0 Å². The average molecular weight is 300 g/mol. The average Bonchev–Trinajstić information content (AvgIpc) is 2.72. The summed E-state index contributed by atoms with van der Waals surface area (Å²) in [5.41, 5.74) is 0.961. The highest BCUT2D eigenvalue weighted by atomic mass is 16.3. The number of aliphatic hydroxyl groups is 1. The van der Waals surface area contributed by atoms with Gasteiger partial charge in [-0.1, -0.05) is 24.1 Å². The Kier molecular flexibility index (Phi) is 2.74. The number of carbonyl (C=O) groups excluding carboxylic acids is 2. The summed E-state index contributed by atoms with van der Waals surface area (Å²) in [5, 5.41) is 11.4. The minimum Gasteiger partial charge on any atom is -0.388 e. The van der Waals surface area contributed by atoms with Crippen molar-refractivity contribution in [2.24, 2.45) is 16.7 Å². The van der Waals surface area contributed by atoms with E-state index in [1.807, 2.05) is 13.0 Å². The molecule has 2 saturated carbocycles. The monoisotopic (exact) mass is 300 g/mol. The Labute approximate surface area is 131 Å². The molecule has 0 radical (unpaired) electrons.